The van der Waals surface area contributed by atoms with Crippen LogP contribution in [0.4, 0.5) is 5.69 Å². The Hall–Kier alpha value is -1.22. The zero-order chi connectivity index (χ0) is 13.8. The molecular formula is C17H26N2O. The maximum atomic E-state index is 6.15. The number of ether oxygens (including phenoxy) is 1. The molecule has 0 aromatic heterocycles. The van der Waals surface area contributed by atoms with Gasteiger partial charge in [-0.15, -0.1) is 0 Å². The van der Waals surface area contributed by atoms with Gasteiger partial charge in [0.25, 0.3) is 0 Å². The molecule has 3 rings (SSSR count). The van der Waals surface area contributed by atoms with E-state index in [1.165, 1.54) is 56.6 Å². The van der Waals surface area contributed by atoms with Gasteiger partial charge in [0.05, 0.1) is 12.3 Å². The maximum Gasteiger partial charge on any atom is 0.142 e. The van der Waals surface area contributed by atoms with E-state index in [0.29, 0.717) is 5.92 Å². The van der Waals surface area contributed by atoms with Crippen molar-refractivity contribution in [3.05, 3.63) is 23.8 Å². The van der Waals surface area contributed by atoms with Crippen molar-refractivity contribution in [2.24, 2.45) is 5.92 Å². The Morgan fingerprint density at radius 3 is 3.20 bits per heavy atom. The molecule has 0 aliphatic carbocycles. The van der Waals surface area contributed by atoms with E-state index in [1.54, 1.807) is 0 Å². The van der Waals surface area contributed by atoms with E-state index in [2.05, 4.69) is 35.3 Å². The fourth-order valence-corrected chi connectivity index (χ4v) is 3.38. The number of benzene rings is 1. The number of hydrogen-bond acceptors (Lipinski definition) is 3. The number of piperidine rings is 1. The molecule has 0 amide bonds. The molecule has 2 aliphatic rings. The summed E-state index contributed by atoms with van der Waals surface area (Å²) in [6.07, 6.45) is 5.02. The van der Waals surface area contributed by atoms with Gasteiger partial charge in [-0.25, -0.2) is 0 Å². The SMILES string of the molecule is CCN1CCCC(COc2cccc3c2NCCC3)C1. The Morgan fingerprint density at radius 1 is 1.35 bits per heavy atom. The summed E-state index contributed by atoms with van der Waals surface area (Å²) in [7, 11) is 0. The van der Waals surface area contributed by atoms with Gasteiger partial charge in [0.1, 0.15) is 5.75 Å². The molecule has 3 heteroatoms. The maximum absolute atomic E-state index is 6.15. The number of fused-ring (bicyclic) bond motifs is 1. The molecule has 1 atom stereocenters. The number of nitrogens with one attached hydrogen (secondary N) is 1. The van der Waals surface area contributed by atoms with Gasteiger partial charge in [0.2, 0.25) is 0 Å². The van der Waals surface area contributed by atoms with E-state index in [4.69, 9.17) is 4.74 Å². The predicted octanol–water partition coefficient (Wildman–Crippen LogP) is 3.16. The third-order valence-electron chi connectivity index (χ3n) is 4.56. The molecule has 1 N–H and O–H groups in total. The van der Waals surface area contributed by atoms with Crippen molar-refractivity contribution in [1.29, 1.82) is 0 Å². The van der Waals surface area contributed by atoms with Crippen LogP contribution in [0.25, 0.3) is 0 Å². The first-order valence-corrected chi connectivity index (χ1v) is 8.07. The highest BCUT2D eigenvalue weighted by molar-refractivity contribution is 5.63. The minimum absolute atomic E-state index is 0.683. The summed E-state index contributed by atoms with van der Waals surface area (Å²) in [5.74, 6) is 1.74. The second-order valence-corrected chi connectivity index (χ2v) is 6.03. The molecule has 1 aromatic rings. The largest absolute Gasteiger partial charge is 0.491 e. The lowest BCUT2D eigenvalue weighted by atomic mass is 9.99. The molecule has 0 spiro atoms. The molecule has 1 aromatic carbocycles. The topological polar surface area (TPSA) is 24.5 Å². The number of aryl methyl sites for hydroxylation is 1. The quantitative estimate of drug-likeness (QED) is 0.913. The van der Waals surface area contributed by atoms with Crippen molar-refractivity contribution in [3.63, 3.8) is 0 Å². The summed E-state index contributed by atoms with van der Waals surface area (Å²) in [4.78, 5) is 2.54. The summed E-state index contributed by atoms with van der Waals surface area (Å²) in [6.45, 7) is 7.79. The Morgan fingerprint density at radius 2 is 2.30 bits per heavy atom. The number of rotatable bonds is 4. The van der Waals surface area contributed by atoms with Gasteiger partial charge in [-0.3, -0.25) is 0 Å². The molecule has 1 unspecified atom stereocenters. The molecule has 1 saturated heterocycles. The number of anilines is 1. The highest BCUT2D eigenvalue weighted by atomic mass is 16.5. The highest BCUT2D eigenvalue weighted by Crippen LogP contribution is 2.32. The molecular weight excluding hydrogens is 248 g/mol. The lowest BCUT2D eigenvalue weighted by Crippen LogP contribution is -2.37. The average Bonchev–Trinajstić information content (AvgIpc) is 2.53. The van der Waals surface area contributed by atoms with Crippen molar-refractivity contribution in [2.45, 2.75) is 32.6 Å². The van der Waals surface area contributed by atoms with Gasteiger partial charge in [-0.1, -0.05) is 19.1 Å². The first-order valence-electron chi connectivity index (χ1n) is 8.07. The smallest absolute Gasteiger partial charge is 0.142 e. The Bertz CT molecular complexity index is 447. The zero-order valence-corrected chi connectivity index (χ0v) is 12.5. The van der Waals surface area contributed by atoms with Gasteiger partial charge in [0, 0.05) is 19.0 Å². The molecule has 0 radical (unpaired) electrons. The van der Waals surface area contributed by atoms with Crippen LogP contribution in [0, 0.1) is 5.92 Å². The van der Waals surface area contributed by atoms with Gasteiger partial charge < -0.3 is 15.0 Å². The first-order chi connectivity index (χ1) is 9.86. The molecule has 20 heavy (non-hydrogen) atoms. The molecule has 2 heterocycles. The summed E-state index contributed by atoms with van der Waals surface area (Å²) in [5, 5.41) is 3.50. The zero-order valence-electron chi connectivity index (χ0n) is 12.5. The lowest BCUT2D eigenvalue weighted by molar-refractivity contribution is 0.135. The van der Waals surface area contributed by atoms with E-state index >= 15 is 0 Å². The van der Waals surface area contributed by atoms with Gasteiger partial charge in [0.15, 0.2) is 0 Å². The van der Waals surface area contributed by atoms with Crippen molar-refractivity contribution in [1.82, 2.24) is 4.90 Å². The normalized spacial score (nSPS) is 22.9. The Kier molecular flexibility index (Phi) is 4.46. The van der Waals surface area contributed by atoms with Crippen molar-refractivity contribution < 1.29 is 4.74 Å². The second-order valence-electron chi connectivity index (χ2n) is 6.03. The van der Waals surface area contributed by atoms with Gasteiger partial charge in [-0.05, 0) is 50.4 Å². The van der Waals surface area contributed by atoms with E-state index in [1.807, 2.05) is 0 Å². The first kappa shape index (κ1) is 13.7. The van der Waals surface area contributed by atoms with Crippen LogP contribution in [0.15, 0.2) is 18.2 Å². The second kappa shape index (κ2) is 6.49. The molecule has 1 fully saturated rings. The van der Waals surface area contributed by atoms with Crippen LogP contribution >= 0.6 is 0 Å². The van der Waals surface area contributed by atoms with E-state index in [0.717, 1.165) is 18.9 Å². The van der Waals surface area contributed by atoms with Gasteiger partial charge in [-0.2, -0.15) is 0 Å². The number of para-hydroxylation sites is 1. The highest BCUT2D eigenvalue weighted by Gasteiger charge is 2.20. The van der Waals surface area contributed by atoms with Crippen LogP contribution in [0.2, 0.25) is 0 Å². The van der Waals surface area contributed by atoms with Crippen molar-refractivity contribution in [2.75, 3.05) is 38.1 Å². The molecule has 2 aliphatic heterocycles. The Balaban J connectivity index is 1.61. The molecule has 0 saturated carbocycles. The Labute approximate surface area is 122 Å². The van der Waals surface area contributed by atoms with Crippen LogP contribution < -0.4 is 10.1 Å². The molecule has 3 nitrogen and oxygen atoms in total. The summed E-state index contributed by atoms with van der Waals surface area (Å²) in [6, 6.07) is 6.45. The van der Waals surface area contributed by atoms with Gasteiger partial charge >= 0.3 is 0 Å². The third kappa shape index (κ3) is 3.09. The molecule has 110 valence electrons. The fraction of sp³-hybridized carbons (Fsp3) is 0.647. The van der Waals surface area contributed by atoms with Crippen LogP contribution in [-0.2, 0) is 6.42 Å². The summed E-state index contributed by atoms with van der Waals surface area (Å²) >= 11 is 0. The summed E-state index contributed by atoms with van der Waals surface area (Å²) < 4.78 is 6.15. The monoisotopic (exact) mass is 274 g/mol. The lowest BCUT2D eigenvalue weighted by Gasteiger charge is -2.32. The standard InChI is InChI=1S/C17H26N2O/c1-2-19-11-5-6-14(12-19)13-20-16-9-3-7-15-8-4-10-18-17(15)16/h3,7,9,14,18H,2,4-6,8,10-13H2,1H3. The van der Waals surface area contributed by atoms with Crippen molar-refractivity contribution >= 4 is 5.69 Å². The molecule has 0 bridgehead atoms. The van der Waals surface area contributed by atoms with E-state index in [-0.39, 0.29) is 0 Å². The summed E-state index contributed by atoms with van der Waals surface area (Å²) in [5.41, 5.74) is 2.65. The predicted molar refractivity (Wildman–Crippen MR) is 83.6 cm³/mol. The fourth-order valence-electron chi connectivity index (χ4n) is 3.38. The van der Waals surface area contributed by atoms with Crippen molar-refractivity contribution in [3.8, 4) is 5.75 Å². The minimum Gasteiger partial charge on any atom is -0.491 e. The van der Waals surface area contributed by atoms with E-state index < -0.39 is 0 Å². The van der Waals surface area contributed by atoms with Crippen LogP contribution in [0.3, 0.4) is 0 Å². The average molecular weight is 274 g/mol. The number of hydrogen-bond donors (Lipinski definition) is 1. The minimum atomic E-state index is 0.683. The number of nitrogens with zero attached hydrogens (tertiary/aromatic N) is 1. The number of likely N-dealkylation sites (tertiary alicyclic amines) is 1. The third-order valence-corrected chi connectivity index (χ3v) is 4.56. The van der Waals surface area contributed by atoms with Crippen LogP contribution in [0.5, 0.6) is 5.75 Å². The van der Waals surface area contributed by atoms with Crippen LogP contribution in [0.1, 0.15) is 31.7 Å². The van der Waals surface area contributed by atoms with Crippen LogP contribution in [-0.4, -0.2) is 37.7 Å². The van der Waals surface area contributed by atoms with E-state index in [9.17, 15) is 0 Å².